The summed E-state index contributed by atoms with van der Waals surface area (Å²) in [5, 5.41) is 7.03. The molecule has 3 fully saturated rings. The fourth-order valence-corrected chi connectivity index (χ4v) is 6.10. The van der Waals surface area contributed by atoms with Crippen molar-refractivity contribution in [3.8, 4) is 0 Å². The minimum absolute atomic E-state index is 0.0637. The van der Waals surface area contributed by atoms with E-state index in [0.717, 1.165) is 36.6 Å². The lowest BCUT2D eigenvalue weighted by Gasteiger charge is -2.46. The molecule has 4 aliphatic rings. The fourth-order valence-electron chi connectivity index (χ4n) is 6.10. The molecule has 2 aromatic heterocycles. The van der Waals surface area contributed by atoms with Crippen LogP contribution in [-0.4, -0.2) is 44.6 Å². The Bertz CT molecular complexity index is 1410. The number of piperidine rings is 2. The van der Waals surface area contributed by atoms with Crippen LogP contribution in [-0.2, 0) is 30.5 Å². The van der Waals surface area contributed by atoms with E-state index < -0.39 is 23.6 Å². The Balaban J connectivity index is 1.05. The van der Waals surface area contributed by atoms with Gasteiger partial charge >= 0.3 is 6.18 Å². The second kappa shape index (κ2) is 9.69. The van der Waals surface area contributed by atoms with Gasteiger partial charge in [0.1, 0.15) is 5.82 Å². The molecule has 2 saturated heterocycles. The minimum Gasteiger partial charge on any atom is -0.384 e. The zero-order valence-electron chi connectivity index (χ0n) is 21.2. The maximum atomic E-state index is 13.6. The first-order valence-corrected chi connectivity index (χ1v) is 13.2. The zero-order chi connectivity index (χ0) is 27.3. The van der Waals surface area contributed by atoms with Crippen molar-refractivity contribution in [1.82, 2.24) is 25.0 Å². The van der Waals surface area contributed by atoms with Crippen LogP contribution in [0.3, 0.4) is 0 Å². The van der Waals surface area contributed by atoms with Crippen molar-refractivity contribution in [2.24, 2.45) is 11.8 Å². The number of nitrogens with zero attached hydrogens (tertiary/aromatic N) is 4. The van der Waals surface area contributed by atoms with Gasteiger partial charge in [0.15, 0.2) is 0 Å². The Labute approximate surface area is 223 Å². The maximum absolute atomic E-state index is 13.6. The van der Waals surface area contributed by atoms with Crippen LogP contribution >= 0.6 is 0 Å². The van der Waals surface area contributed by atoms with Gasteiger partial charge in [0.25, 0.3) is 5.91 Å². The second-order valence-electron chi connectivity index (χ2n) is 10.9. The lowest BCUT2D eigenvalue weighted by Crippen LogP contribution is -2.52. The number of hydrogen-bond donors (Lipinski definition) is 2. The van der Waals surface area contributed by atoms with Crippen molar-refractivity contribution in [3.05, 3.63) is 76.2 Å². The molecule has 4 heterocycles. The lowest BCUT2D eigenvalue weighted by molar-refractivity contribution is -0.149. The minimum atomic E-state index is -4.54. The van der Waals surface area contributed by atoms with Gasteiger partial charge in [-0.05, 0) is 54.4 Å². The lowest BCUT2D eigenvalue weighted by atomic mass is 9.70. The first-order valence-electron chi connectivity index (χ1n) is 13.2. The third kappa shape index (κ3) is 5.09. The summed E-state index contributed by atoms with van der Waals surface area (Å²) < 4.78 is 42.5. The van der Waals surface area contributed by atoms with Crippen LogP contribution in [0.5, 0.6) is 0 Å². The molecule has 1 aromatic carbocycles. The number of aromatic nitrogens is 3. The Kier molecular flexibility index (Phi) is 6.31. The molecular formula is C28H29F3N6O2. The van der Waals surface area contributed by atoms with E-state index in [1.807, 2.05) is 29.2 Å². The van der Waals surface area contributed by atoms with Crippen molar-refractivity contribution in [2.45, 2.75) is 50.9 Å². The second-order valence-corrected chi connectivity index (χ2v) is 10.9. The molecule has 1 atom stereocenters. The number of rotatable bonds is 7. The number of pyridine rings is 1. The van der Waals surface area contributed by atoms with E-state index in [1.165, 1.54) is 6.20 Å². The molecule has 2 bridgehead atoms. The number of benzene rings is 1. The average molecular weight is 539 g/mol. The van der Waals surface area contributed by atoms with Gasteiger partial charge in [-0.1, -0.05) is 24.3 Å². The molecule has 3 N–H and O–H groups in total. The molecule has 204 valence electrons. The Hall–Kier alpha value is -3.89. The molecule has 0 spiro atoms. The van der Waals surface area contributed by atoms with Crippen molar-refractivity contribution in [1.29, 1.82) is 0 Å². The normalized spacial score (nSPS) is 22.0. The van der Waals surface area contributed by atoms with Crippen LogP contribution in [0, 0.1) is 11.8 Å². The molecule has 2 aliphatic heterocycles. The number of carbonyl (C=O) groups is 2. The number of hydrogen-bond acceptors (Lipinski definition) is 5. The highest BCUT2D eigenvalue weighted by Crippen LogP contribution is 2.43. The van der Waals surface area contributed by atoms with Crippen LogP contribution in [0.1, 0.15) is 63.5 Å². The van der Waals surface area contributed by atoms with Crippen LogP contribution in [0.25, 0.3) is 0 Å². The van der Waals surface area contributed by atoms with Crippen LogP contribution in [0.15, 0.2) is 42.7 Å². The molecule has 8 nitrogen and oxygen atoms in total. The standard InChI is InChI=1S/C28H29F3N6O2/c29-28(30,31)22-9-24(32)35-23-6-5-19(25(22)23)10-33-26(38)21-11-34-37(15-21)14-17-3-1-16(2-4-17)12-36-13-18-7-20(8-18)27(36)39/h1-4,9,11,15,18-20H,5-8,10,12-14H2,(H2,32,35)(H,33,38). The topological polar surface area (TPSA) is 106 Å². The average Bonchev–Trinajstić information content (AvgIpc) is 3.50. The highest BCUT2D eigenvalue weighted by molar-refractivity contribution is 5.93. The van der Waals surface area contributed by atoms with Gasteiger partial charge in [0, 0.05) is 43.4 Å². The number of aryl methyl sites for hydroxylation is 1. The number of fused-ring (bicyclic) bond motifs is 3. The number of alkyl halides is 3. The predicted molar refractivity (Wildman–Crippen MR) is 136 cm³/mol. The molecule has 3 aromatic rings. The summed E-state index contributed by atoms with van der Waals surface area (Å²) in [4.78, 5) is 31.2. The summed E-state index contributed by atoms with van der Waals surface area (Å²) >= 11 is 0. The third-order valence-electron chi connectivity index (χ3n) is 8.12. The smallest absolute Gasteiger partial charge is 0.384 e. The van der Waals surface area contributed by atoms with E-state index in [-0.39, 0.29) is 29.8 Å². The van der Waals surface area contributed by atoms with E-state index in [1.54, 1.807) is 10.9 Å². The first-order chi connectivity index (χ1) is 18.6. The first kappa shape index (κ1) is 25.4. The number of carbonyl (C=O) groups excluding carboxylic acids is 2. The van der Waals surface area contributed by atoms with Crippen LogP contribution < -0.4 is 11.1 Å². The Morgan fingerprint density at radius 3 is 2.54 bits per heavy atom. The monoisotopic (exact) mass is 538 g/mol. The summed E-state index contributed by atoms with van der Waals surface area (Å²) in [5.41, 5.74) is 7.68. The van der Waals surface area contributed by atoms with Gasteiger partial charge in [-0.25, -0.2) is 4.98 Å². The SMILES string of the molecule is Nc1cc(C(F)(F)F)c2c(n1)CCC2CNC(=O)c1cnn(Cc2ccc(CN3CC4CC(C4)C3=O)cc2)c1. The molecule has 11 heteroatoms. The number of anilines is 1. The van der Waals surface area contributed by atoms with Crippen molar-refractivity contribution in [3.63, 3.8) is 0 Å². The summed E-state index contributed by atoms with van der Waals surface area (Å²) in [7, 11) is 0. The quantitative estimate of drug-likeness (QED) is 0.477. The molecule has 1 saturated carbocycles. The van der Waals surface area contributed by atoms with Crippen molar-refractivity contribution < 1.29 is 22.8 Å². The van der Waals surface area contributed by atoms with E-state index >= 15 is 0 Å². The molecule has 2 amide bonds. The summed E-state index contributed by atoms with van der Waals surface area (Å²) in [5.74, 6) is 0.0989. The number of nitrogens with one attached hydrogen (secondary N) is 1. The zero-order valence-corrected chi connectivity index (χ0v) is 21.2. The van der Waals surface area contributed by atoms with E-state index in [4.69, 9.17) is 5.73 Å². The predicted octanol–water partition coefficient (Wildman–Crippen LogP) is 3.76. The largest absolute Gasteiger partial charge is 0.416 e. The van der Waals surface area contributed by atoms with Gasteiger partial charge in [-0.3, -0.25) is 14.3 Å². The number of halogens is 3. The summed E-state index contributed by atoms with van der Waals surface area (Å²) in [6, 6.07) is 8.87. The van der Waals surface area contributed by atoms with Crippen molar-refractivity contribution in [2.75, 3.05) is 18.8 Å². The van der Waals surface area contributed by atoms with E-state index in [9.17, 15) is 22.8 Å². The van der Waals surface area contributed by atoms with Gasteiger partial charge in [-0.2, -0.15) is 18.3 Å². The maximum Gasteiger partial charge on any atom is 0.416 e. The molecule has 0 radical (unpaired) electrons. The summed E-state index contributed by atoms with van der Waals surface area (Å²) in [6.07, 6.45) is 1.44. The fraction of sp³-hybridized carbons (Fsp3) is 0.429. The Morgan fingerprint density at radius 2 is 1.85 bits per heavy atom. The molecule has 39 heavy (non-hydrogen) atoms. The highest BCUT2D eigenvalue weighted by atomic mass is 19.4. The number of nitrogen functional groups attached to an aromatic ring is 1. The highest BCUT2D eigenvalue weighted by Gasteiger charge is 2.43. The van der Waals surface area contributed by atoms with E-state index in [2.05, 4.69) is 15.4 Å². The number of nitrogens with two attached hydrogens (primary N) is 1. The van der Waals surface area contributed by atoms with E-state index in [0.29, 0.717) is 43.1 Å². The van der Waals surface area contributed by atoms with Gasteiger partial charge in [0.05, 0.1) is 23.9 Å². The third-order valence-corrected chi connectivity index (χ3v) is 8.12. The number of amides is 2. The molecular weight excluding hydrogens is 509 g/mol. The van der Waals surface area contributed by atoms with Gasteiger partial charge in [0.2, 0.25) is 5.91 Å². The molecule has 7 rings (SSSR count). The summed E-state index contributed by atoms with van der Waals surface area (Å²) in [6.45, 7) is 1.99. The van der Waals surface area contributed by atoms with Gasteiger partial charge < -0.3 is 16.0 Å². The van der Waals surface area contributed by atoms with Gasteiger partial charge in [-0.15, -0.1) is 0 Å². The molecule has 1 unspecified atom stereocenters. The van der Waals surface area contributed by atoms with Crippen LogP contribution in [0.4, 0.5) is 19.0 Å². The Morgan fingerprint density at radius 1 is 1.13 bits per heavy atom. The van der Waals surface area contributed by atoms with Crippen LogP contribution in [0.2, 0.25) is 0 Å². The van der Waals surface area contributed by atoms with Crippen molar-refractivity contribution >= 4 is 17.6 Å². The molecule has 2 aliphatic carbocycles.